The van der Waals surface area contributed by atoms with Crippen LogP contribution < -0.4 is 14.4 Å². The van der Waals surface area contributed by atoms with Crippen LogP contribution >= 0.6 is 0 Å². The molecule has 1 aliphatic heterocycles. The SMILES string of the molecule is CCc1ccc(NC(=O)[C@@H]2CCN(S(C)(=O)=O)c3ccccc3O2)cc1. The zero-order valence-electron chi connectivity index (χ0n) is 14.8. The lowest BCUT2D eigenvalue weighted by molar-refractivity contribution is -0.122. The number of nitrogens with one attached hydrogen (secondary N) is 1. The number of nitrogens with zero attached hydrogens (tertiary/aromatic N) is 1. The molecule has 0 spiro atoms. The molecule has 0 aliphatic carbocycles. The number of anilines is 2. The molecule has 3 rings (SSSR count). The van der Waals surface area contributed by atoms with Gasteiger partial charge in [0, 0.05) is 18.7 Å². The van der Waals surface area contributed by atoms with Gasteiger partial charge >= 0.3 is 0 Å². The third kappa shape index (κ3) is 3.99. The molecule has 1 amide bonds. The zero-order valence-corrected chi connectivity index (χ0v) is 15.6. The molecule has 6 nitrogen and oxygen atoms in total. The van der Waals surface area contributed by atoms with Gasteiger partial charge in [0.25, 0.3) is 5.91 Å². The van der Waals surface area contributed by atoms with Crippen molar-refractivity contribution in [3.05, 3.63) is 54.1 Å². The third-order valence-electron chi connectivity index (χ3n) is 4.32. The molecule has 2 aromatic carbocycles. The van der Waals surface area contributed by atoms with Gasteiger partial charge in [-0.2, -0.15) is 0 Å². The maximum atomic E-state index is 12.6. The quantitative estimate of drug-likeness (QED) is 0.893. The predicted molar refractivity (Wildman–Crippen MR) is 102 cm³/mol. The van der Waals surface area contributed by atoms with E-state index in [-0.39, 0.29) is 18.9 Å². The first kappa shape index (κ1) is 18.3. The summed E-state index contributed by atoms with van der Waals surface area (Å²) in [4.78, 5) is 12.6. The number of carbonyl (C=O) groups excluding carboxylic acids is 1. The number of ether oxygens (including phenoxy) is 1. The monoisotopic (exact) mass is 374 g/mol. The molecule has 0 unspecified atom stereocenters. The Hall–Kier alpha value is -2.54. The lowest BCUT2D eigenvalue weighted by atomic mass is 10.1. The number of aryl methyl sites for hydroxylation is 1. The van der Waals surface area contributed by atoms with Gasteiger partial charge in [0.1, 0.15) is 5.75 Å². The van der Waals surface area contributed by atoms with Crippen molar-refractivity contribution in [1.82, 2.24) is 0 Å². The van der Waals surface area contributed by atoms with Crippen LogP contribution in [-0.2, 0) is 21.2 Å². The summed E-state index contributed by atoms with van der Waals surface area (Å²) in [5, 5.41) is 2.84. The first-order chi connectivity index (χ1) is 12.4. The fourth-order valence-corrected chi connectivity index (χ4v) is 3.85. The van der Waals surface area contributed by atoms with Gasteiger partial charge in [0.2, 0.25) is 10.0 Å². The standard InChI is InChI=1S/C19H22N2O4S/c1-3-14-8-10-15(11-9-14)20-19(22)18-12-13-21(26(2,23)24)16-6-4-5-7-17(16)25-18/h4-11,18H,3,12-13H2,1-2H3,(H,20,22)/t18-/m0/s1. The summed E-state index contributed by atoms with van der Waals surface area (Å²) < 4.78 is 31.3. The van der Waals surface area contributed by atoms with Crippen LogP contribution in [0.3, 0.4) is 0 Å². The Kier molecular flexibility index (Phi) is 5.18. The van der Waals surface area contributed by atoms with E-state index in [1.165, 1.54) is 9.87 Å². The van der Waals surface area contributed by atoms with Crippen molar-refractivity contribution in [2.45, 2.75) is 25.9 Å². The topological polar surface area (TPSA) is 75.7 Å². The summed E-state index contributed by atoms with van der Waals surface area (Å²) >= 11 is 0. The Bertz CT molecular complexity index is 894. The van der Waals surface area contributed by atoms with E-state index in [1.807, 2.05) is 24.3 Å². The van der Waals surface area contributed by atoms with Gasteiger partial charge in [0.05, 0.1) is 11.9 Å². The van der Waals surface area contributed by atoms with Crippen LogP contribution in [0.2, 0.25) is 0 Å². The molecule has 0 bridgehead atoms. The Morgan fingerprint density at radius 1 is 1.19 bits per heavy atom. The fourth-order valence-electron chi connectivity index (χ4n) is 2.91. The lowest BCUT2D eigenvalue weighted by Gasteiger charge is -2.20. The smallest absolute Gasteiger partial charge is 0.265 e. The Labute approximate surface area is 153 Å². The minimum absolute atomic E-state index is 0.183. The van der Waals surface area contributed by atoms with E-state index in [1.54, 1.807) is 24.3 Å². The lowest BCUT2D eigenvalue weighted by Crippen LogP contribution is -2.35. The largest absolute Gasteiger partial charge is 0.478 e. The molecule has 1 aliphatic rings. The number of amides is 1. The van der Waals surface area contributed by atoms with Crippen LogP contribution in [0.25, 0.3) is 0 Å². The maximum absolute atomic E-state index is 12.6. The summed E-state index contributed by atoms with van der Waals surface area (Å²) in [6, 6.07) is 14.5. The van der Waals surface area contributed by atoms with Crippen LogP contribution in [0.5, 0.6) is 5.75 Å². The summed E-state index contributed by atoms with van der Waals surface area (Å²) in [6.45, 7) is 2.25. The van der Waals surface area contributed by atoms with E-state index < -0.39 is 16.1 Å². The first-order valence-electron chi connectivity index (χ1n) is 8.51. The number of hydrogen-bond acceptors (Lipinski definition) is 4. The van der Waals surface area contributed by atoms with Crippen molar-refractivity contribution < 1.29 is 17.9 Å². The molecule has 0 aromatic heterocycles. The Balaban J connectivity index is 1.80. The highest BCUT2D eigenvalue weighted by atomic mass is 32.2. The number of sulfonamides is 1. The summed E-state index contributed by atoms with van der Waals surface area (Å²) in [5.41, 5.74) is 2.33. The van der Waals surface area contributed by atoms with E-state index in [9.17, 15) is 13.2 Å². The van der Waals surface area contributed by atoms with Crippen LogP contribution in [0.1, 0.15) is 18.9 Å². The molecule has 0 saturated carbocycles. The Morgan fingerprint density at radius 2 is 1.88 bits per heavy atom. The molecular formula is C19H22N2O4S. The van der Waals surface area contributed by atoms with Gasteiger partial charge in [-0.05, 0) is 36.2 Å². The van der Waals surface area contributed by atoms with Gasteiger partial charge in [-0.25, -0.2) is 8.42 Å². The van der Waals surface area contributed by atoms with E-state index in [4.69, 9.17) is 4.74 Å². The highest BCUT2D eigenvalue weighted by Crippen LogP contribution is 2.34. The average molecular weight is 374 g/mol. The molecule has 1 atom stereocenters. The molecule has 0 saturated heterocycles. The van der Waals surface area contributed by atoms with Gasteiger partial charge in [-0.3, -0.25) is 9.10 Å². The van der Waals surface area contributed by atoms with E-state index in [0.717, 1.165) is 12.7 Å². The highest BCUT2D eigenvalue weighted by molar-refractivity contribution is 7.92. The van der Waals surface area contributed by atoms with E-state index in [0.29, 0.717) is 17.1 Å². The van der Waals surface area contributed by atoms with Gasteiger partial charge < -0.3 is 10.1 Å². The van der Waals surface area contributed by atoms with Crippen LogP contribution in [0, 0.1) is 0 Å². The maximum Gasteiger partial charge on any atom is 0.265 e. The van der Waals surface area contributed by atoms with Crippen LogP contribution in [0.15, 0.2) is 48.5 Å². The second-order valence-electron chi connectivity index (χ2n) is 6.24. The van der Waals surface area contributed by atoms with Crippen LogP contribution in [-0.4, -0.2) is 33.2 Å². The number of hydrogen-bond donors (Lipinski definition) is 1. The van der Waals surface area contributed by atoms with Crippen molar-refractivity contribution >= 4 is 27.3 Å². The first-order valence-corrected chi connectivity index (χ1v) is 10.4. The average Bonchev–Trinajstić information content (AvgIpc) is 2.82. The highest BCUT2D eigenvalue weighted by Gasteiger charge is 2.31. The molecule has 0 radical (unpaired) electrons. The molecule has 138 valence electrons. The van der Waals surface area contributed by atoms with E-state index >= 15 is 0 Å². The molecular weight excluding hydrogens is 352 g/mol. The minimum atomic E-state index is -3.46. The number of benzene rings is 2. The molecule has 2 aromatic rings. The Morgan fingerprint density at radius 3 is 2.54 bits per heavy atom. The predicted octanol–water partition coefficient (Wildman–Crippen LogP) is 2.80. The molecule has 7 heteroatoms. The van der Waals surface area contributed by atoms with E-state index in [2.05, 4.69) is 12.2 Å². The number of para-hydroxylation sites is 2. The second kappa shape index (κ2) is 7.37. The van der Waals surface area contributed by atoms with Gasteiger partial charge in [-0.15, -0.1) is 0 Å². The number of fused-ring (bicyclic) bond motifs is 1. The third-order valence-corrected chi connectivity index (χ3v) is 5.50. The van der Waals surface area contributed by atoms with Gasteiger partial charge in [0.15, 0.2) is 6.10 Å². The molecule has 1 heterocycles. The summed E-state index contributed by atoms with van der Waals surface area (Å²) in [6.07, 6.45) is 1.58. The van der Waals surface area contributed by atoms with Crippen molar-refractivity contribution in [1.29, 1.82) is 0 Å². The molecule has 0 fully saturated rings. The second-order valence-corrected chi connectivity index (χ2v) is 8.14. The minimum Gasteiger partial charge on any atom is -0.478 e. The van der Waals surface area contributed by atoms with Crippen molar-refractivity contribution in [2.75, 3.05) is 22.4 Å². The number of rotatable bonds is 4. The molecule has 1 N–H and O–H groups in total. The summed E-state index contributed by atoms with van der Waals surface area (Å²) in [7, 11) is -3.46. The van der Waals surface area contributed by atoms with Gasteiger partial charge in [-0.1, -0.05) is 31.2 Å². The van der Waals surface area contributed by atoms with Crippen molar-refractivity contribution in [3.8, 4) is 5.75 Å². The summed E-state index contributed by atoms with van der Waals surface area (Å²) in [5.74, 6) is 0.0938. The van der Waals surface area contributed by atoms with Crippen molar-refractivity contribution in [2.24, 2.45) is 0 Å². The normalized spacial score (nSPS) is 17.0. The van der Waals surface area contributed by atoms with Crippen LogP contribution in [0.4, 0.5) is 11.4 Å². The zero-order chi connectivity index (χ0) is 18.7. The number of carbonyl (C=O) groups is 1. The molecule has 26 heavy (non-hydrogen) atoms. The fraction of sp³-hybridized carbons (Fsp3) is 0.316. The van der Waals surface area contributed by atoms with Crippen molar-refractivity contribution in [3.63, 3.8) is 0 Å².